The molecule has 3 nitrogen and oxygen atoms in total. The molecule has 86 valence electrons. The van der Waals surface area contributed by atoms with Crippen LogP contribution in [0.2, 0.25) is 0 Å². The Morgan fingerprint density at radius 3 is 2.69 bits per heavy atom. The quantitative estimate of drug-likeness (QED) is 0.819. The molecule has 0 saturated carbocycles. The van der Waals surface area contributed by atoms with Gasteiger partial charge in [-0.15, -0.1) is 0 Å². The first-order chi connectivity index (χ1) is 7.70. The van der Waals surface area contributed by atoms with Gasteiger partial charge in [-0.25, -0.2) is 0 Å². The highest BCUT2D eigenvalue weighted by atomic mass is 16.3. The summed E-state index contributed by atoms with van der Waals surface area (Å²) in [5.74, 6) is 0.0374. The molecule has 0 radical (unpaired) electrons. The first kappa shape index (κ1) is 11.1. The Bertz CT molecular complexity index is 377. The Labute approximate surface area is 95.7 Å². The third-order valence-corrected chi connectivity index (χ3v) is 3.44. The van der Waals surface area contributed by atoms with Gasteiger partial charge < -0.3 is 10.0 Å². The second-order valence-electron chi connectivity index (χ2n) is 4.33. The SMILES string of the molecule is CC(=O)N1CCCC1(CO)c1ccccc1. The van der Waals surface area contributed by atoms with E-state index in [1.54, 1.807) is 11.8 Å². The van der Waals surface area contributed by atoms with Gasteiger partial charge in [0.25, 0.3) is 0 Å². The summed E-state index contributed by atoms with van der Waals surface area (Å²) in [5.41, 5.74) is 0.540. The minimum absolute atomic E-state index is 0.00338. The van der Waals surface area contributed by atoms with Gasteiger partial charge in [0.1, 0.15) is 0 Å². The zero-order chi connectivity index (χ0) is 11.6. The molecule has 0 bridgehead atoms. The summed E-state index contributed by atoms with van der Waals surface area (Å²) < 4.78 is 0. The molecule has 1 unspecified atom stereocenters. The van der Waals surface area contributed by atoms with Gasteiger partial charge in [0.15, 0.2) is 0 Å². The molecule has 1 heterocycles. The molecular weight excluding hydrogens is 202 g/mol. The van der Waals surface area contributed by atoms with Crippen LogP contribution < -0.4 is 0 Å². The first-order valence-corrected chi connectivity index (χ1v) is 5.65. The van der Waals surface area contributed by atoms with Crippen LogP contribution in [0.5, 0.6) is 0 Å². The summed E-state index contributed by atoms with van der Waals surface area (Å²) in [4.78, 5) is 13.4. The van der Waals surface area contributed by atoms with Gasteiger partial charge in [-0.05, 0) is 18.4 Å². The van der Waals surface area contributed by atoms with Gasteiger partial charge in [-0.2, -0.15) is 0 Å². The van der Waals surface area contributed by atoms with E-state index in [4.69, 9.17) is 0 Å². The summed E-state index contributed by atoms with van der Waals surface area (Å²) in [6.07, 6.45) is 1.79. The van der Waals surface area contributed by atoms with Crippen molar-refractivity contribution < 1.29 is 9.90 Å². The van der Waals surface area contributed by atoms with E-state index in [1.165, 1.54) is 0 Å². The van der Waals surface area contributed by atoms with Crippen LogP contribution in [-0.4, -0.2) is 29.1 Å². The van der Waals surface area contributed by atoms with Crippen molar-refractivity contribution >= 4 is 5.91 Å². The molecule has 1 atom stereocenters. The van der Waals surface area contributed by atoms with Crippen LogP contribution in [-0.2, 0) is 10.3 Å². The predicted octanol–water partition coefficient (Wildman–Crippen LogP) is 1.52. The maximum absolute atomic E-state index is 11.6. The fraction of sp³-hybridized carbons (Fsp3) is 0.462. The fourth-order valence-electron chi connectivity index (χ4n) is 2.64. The Hall–Kier alpha value is -1.35. The van der Waals surface area contributed by atoms with E-state index in [0.717, 1.165) is 24.9 Å². The minimum atomic E-state index is -0.493. The van der Waals surface area contributed by atoms with E-state index in [0.29, 0.717) is 0 Å². The average Bonchev–Trinajstić information content (AvgIpc) is 2.75. The number of aliphatic hydroxyl groups excluding tert-OH is 1. The van der Waals surface area contributed by atoms with Crippen molar-refractivity contribution in [1.29, 1.82) is 0 Å². The summed E-state index contributed by atoms with van der Waals surface area (Å²) in [7, 11) is 0. The molecule has 1 aliphatic heterocycles. The maximum Gasteiger partial charge on any atom is 0.220 e. The van der Waals surface area contributed by atoms with E-state index >= 15 is 0 Å². The zero-order valence-electron chi connectivity index (χ0n) is 9.52. The predicted molar refractivity (Wildman–Crippen MR) is 61.8 cm³/mol. The first-order valence-electron chi connectivity index (χ1n) is 5.65. The molecule has 1 N–H and O–H groups in total. The van der Waals surface area contributed by atoms with E-state index < -0.39 is 5.54 Å². The van der Waals surface area contributed by atoms with Crippen LogP contribution in [0, 0.1) is 0 Å². The number of likely N-dealkylation sites (tertiary alicyclic amines) is 1. The number of nitrogens with zero attached hydrogens (tertiary/aromatic N) is 1. The molecule has 1 fully saturated rings. The van der Waals surface area contributed by atoms with E-state index in [-0.39, 0.29) is 12.5 Å². The number of aliphatic hydroxyl groups is 1. The average molecular weight is 219 g/mol. The van der Waals surface area contributed by atoms with Crippen molar-refractivity contribution in [2.75, 3.05) is 13.2 Å². The highest BCUT2D eigenvalue weighted by Crippen LogP contribution is 2.38. The van der Waals surface area contributed by atoms with Crippen molar-refractivity contribution in [2.45, 2.75) is 25.3 Å². The third-order valence-electron chi connectivity index (χ3n) is 3.44. The molecule has 0 aliphatic carbocycles. The van der Waals surface area contributed by atoms with Gasteiger partial charge in [0, 0.05) is 13.5 Å². The van der Waals surface area contributed by atoms with Crippen LogP contribution in [0.15, 0.2) is 30.3 Å². The molecular formula is C13H17NO2. The van der Waals surface area contributed by atoms with Crippen molar-refractivity contribution in [1.82, 2.24) is 4.90 Å². The van der Waals surface area contributed by atoms with Crippen LogP contribution in [0.3, 0.4) is 0 Å². The Kier molecular flexibility index (Phi) is 2.97. The molecule has 2 rings (SSSR count). The lowest BCUT2D eigenvalue weighted by atomic mass is 9.88. The molecule has 1 aromatic rings. The number of carbonyl (C=O) groups is 1. The topological polar surface area (TPSA) is 40.5 Å². The van der Waals surface area contributed by atoms with Gasteiger partial charge in [0.2, 0.25) is 5.91 Å². The maximum atomic E-state index is 11.6. The van der Waals surface area contributed by atoms with Crippen molar-refractivity contribution in [3.8, 4) is 0 Å². The standard InChI is InChI=1S/C13H17NO2/c1-11(16)14-9-5-8-13(14,10-15)12-6-3-2-4-7-12/h2-4,6-7,15H,5,8-10H2,1H3. The van der Waals surface area contributed by atoms with Crippen LogP contribution in [0.1, 0.15) is 25.3 Å². The fourth-order valence-corrected chi connectivity index (χ4v) is 2.64. The van der Waals surface area contributed by atoms with Crippen molar-refractivity contribution in [3.05, 3.63) is 35.9 Å². The highest BCUT2D eigenvalue weighted by molar-refractivity contribution is 5.75. The Morgan fingerprint density at radius 2 is 2.12 bits per heavy atom. The molecule has 0 aromatic heterocycles. The third kappa shape index (κ3) is 1.61. The largest absolute Gasteiger partial charge is 0.394 e. The van der Waals surface area contributed by atoms with Gasteiger partial charge in [0.05, 0.1) is 12.1 Å². The summed E-state index contributed by atoms with van der Waals surface area (Å²) in [5, 5.41) is 9.70. The smallest absolute Gasteiger partial charge is 0.220 e. The van der Waals surface area contributed by atoms with Crippen molar-refractivity contribution in [3.63, 3.8) is 0 Å². The highest BCUT2D eigenvalue weighted by Gasteiger charge is 2.43. The molecule has 3 heteroatoms. The molecule has 1 saturated heterocycles. The second-order valence-corrected chi connectivity index (χ2v) is 4.33. The number of amides is 1. The van der Waals surface area contributed by atoms with Gasteiger partial charge in [-0.1, -0.05) is 30.3 Å². The zero-order valence-corrected chi connectivity index (χ0v) is 9.52. The molecule has 1 aliphatic rings. The molecule has 16 heavy (non-hydrogen) atoms. The Balaban J connectivity index is 2.43. The monoisotopic (exact) mass is 219 g/mol. The van der Waals surface area contributed by atoms with Gasteiger partial charge in [-0.3, -0.25) is 4.79 Å². The number of rotatable bonds is 2. The minimum Gasteiger partial charge on any atom is -0.394 e. The van der Waals surface area contributed by atoms with Crippen LogP contribution >= 0.6 is 0 Å². The van der Waals surface area contributed by atoms with Crippen molar-refractivity contribution in [2.24, 2.45) is 0 Å². The van der Waals surface area contributed by atoms with E-state index in [1.807, 2.05) is 30.3 Å². The summed E-state index contributed by atoms with van der Waals surface area (Å²) in [6.45, 7) is 2.31. The number of benzene rings is 1. The molecule has 0 spiro atoms. The number of hydrogen-bond acceptors (Lipinski definition) is 2. The Morgan fingerprint density at radius 1 is 1.44 bits per heavy atom. The lowest BCUT2D eigenvalue weighted by Crippen LogP contribution is -2.46. The second kappa shape index (κ2) is 4.26. The number of hydrogen-bond donors (Lipinski definition) is 1. The summed E-state index contributed by atoms with van der Waals surface area (Å²) in [6, 6.07) is 9.81. The molecule has 1 amide bonds. The van der Waals surface area contributed by atoms with Crippen LogP contribution in [0.25, 0.3) is 0 Å². The van der Waals surface area contributed by atoms with Gasteiger partial charge >= 0.3 is 0 Å². The molecule has 1 aromatic carbocycles. The number of carbonyl (C=O) groups excluding carboxylic acids is 1. The normalized spacial score (nSPS) is 24.8. The lowest BCUT2D eigenvalue weighted by Gasteiger charge is -2.37. The van der Waals surface area contributed by atoms with E-state index in [2.05, 4.69) is 0 Å². The lowest BCUT2D eigenvalue weighted by molar-refractivity contribution is -0.134. The van der Waals surface area contributed by atoms with E-state index in [9.17, 15) is 9.90 Å². The van der Waals surface area contributed by atoms with Crippen LogP contribution in [0.4, 0.5) is 0 Å². The summed E-state index contributed by atoms with van der Waals surface area (Å²) >= 11 is 0.